The standard InChI is InChI=1S/C13H21NO2S/c1-4-12(14-3)10-11-8-6-7-9-13(11)17(15,16)5-2/h6-9,12,14H,4-5,10H2,1-3H3. The number of likely N-dealkylation sites (N-methyl/N-ethyl adjacent to an activating group) is 1. The minimum atomic E-state index is -3.12. The molecule has 0 heterocycles. The molecule has 1 unspecified atom stereocenters. The molecule has 0 aliphatic rings. The van der Waals surface area contributed by atoms with E-state index in [1.165, 1.54) is 0 Å². The largest absolute Gasteiger partial charge is 0.317 e. The van der Waals surface area contributed by atoms with Gasteiger partial charge in [0.15, 0.2) is 9.84 Å². The van der Waals surface area contributed by atoms with Crippen LogP contribution in [-0.2, 0) is 16.3 Å². The van der Waals surface area contributed by atoms with Gasteiger partial charge in [-0.2, -0.15) is 0 Å². The van der Waals surface area contributed by atoms with Gasteiger partial charge in [0.05, 0.1) is 10.6 Å². The highest BCUT2D eigenvalue weighted by atomic mass is 32.2. The third kappa shape index (κ3) is 3.54. The molecule has 0 fully saturated rings. The number of hydrogen-bond acceptors (Lipinski definition) is 3. The van der Waals surface area contributed by atoms with E-state index in [1.807, 2.05) is 19.2 Å². The average molecular weight is 255 g/mol. The predicted octanol–water partition coefficient (Wildman–Crippen LogP) is 2.02. The van der Waals surface area contributed by atoms with Crippen LogP contribution in [0.5, 0.6) is 0 Å². The molecule has 0 amide bonds. The molecule has 4 heteroatoms. The molecule has 1 rings (SSSR count). The molecule has 3 nitrogen and oxygen atoms in total. The lowest BCUT2D eigenvalue weighted by atomic mass is 10.0. The molecule has 0 aromatic heterocycles. The molecule has 96 valence electrons. The zero-order valence-corrected chi connectivity index (χ0v) is 11.5. The highest BCUT2D eigenvalue weighted by Gasteiger charge is 2.17. The summed E-state index contributed by atoms with van der Waals surface area (Å²) in [4.78, 5) is 0.483. The topological polar surface area (TPSA) is 46.2 Å². The lowest BCUT2D eigenvalue weighted by Crippen LogP contribution is -2.27. The molecule has 1 aromatic rings. The van der Waals surface area contributed by atoms with Crippen molar-refractivity contribution in [3.63, 3.8) is 0 Å². The van der Waals surface area contributed by atoms with E-state index in [9.17, 15) is 8.42 Å². The van der Waals surface area contributed by atoms with Crippen LogP contribution < -0.4 is 5.32 Å². The Morgan fingerprint density at radius 2 is 1.88 bits per heavy atom. The number of benzene rings is 1. The fourth-order valence-electron chi connectivity index (χ4n) is 1.85. The number of hydrogen-bond donors (Lipinski definition) is 1. The van der Waals surface area contributed by atoms with Crippen molar-refractivity contribution >= 4 is 9.84 Å². The van der Waals surface area contributed by atoms with Gasteiger partial charge in [-0.05, 0) is 31.5 Å². The summed E-state index contributed by atoms with van der Waals surface area (Å²) in [5.41, 5.74) is 0.913. The summed E-state index contributed by atoms with van der Waals surface area (Å²) in [6.07, 6.45) is 1.74. The van der Waals surface area contributed by atoms with Crippen LogP contribution in [0.15, 0.2) is 29.2 Å². The molecular weight excluding hydrogens is 234 g/mol. The minimum absolute atomic E-state index is 0.153. The number of sulfone groups is 1. The summed E-state index contributed by atoms with van der Waals surface area (Å²) >= 11 is 0. The summed E-state index contributed by atoms with van der Waals surface area (Å²) < 4.78 is 23.9. The van der Waals surface area contributed by atoms with Crippen LogP contribution in [0.4, 0.5) is 0 Å². The van der Waals surface area contributed by atoms with Crippen molar-refractivity contribution in [1.29, 1.82) is 0 Å². The summed E-state index contributed by atoms with van der Waals surface area (Å²) in [6, 6.07) is 7.61. The first-order chi connectivity index (χ1) is 8.05. The smallest absolute Gasteiger partial charge is 0.178 e. The second-order valence-electron chi connectivity index (χ2n) is 4.11. The van der Waals surface area contributed by atoms with Crippen molar-refractivity contribution in [3.8, 4) is 0 Å². The van der Waals surface area contributed by atoms with Crippen molar-refractivity contribution in [2.75, 3.05) is 12.8 Å². The summed E-state index contributed by atoms with van der Waals surface area (Å²) in [5.74, 6) is 0.153. The molecule has 0 bridgehead atoms. The van der Waals surface area contributed by atoms with Gasteiger partial charge in [-0.1, -0.05) is 32.0 Å². The van der Waals surface area contributed by atoms with Crippen molar-refractivity contribution in [3.05, 3.63) is 29.8 Å². The van der Waals surface area contributed by atoms with E-state index in [1.54, 1.807) is 19.1 Å². The van der Waals surface area contributed by atoms with Crippen LogP contribution >= 0.6 is 0 Å². The number of nitrogens with one attached hydrogen (secondary N) is 1. The van der Waals surface area contributed by atoms with Crippen LogP contribution in [0.2, 0.25) is 0 Å². The fraction of sp³-hybridized carbons (Fsp3) is 0.538. The molecular formula is C13H21NO2S. The van der Waals surface area contributed by atoms with Crippen molar-refractivity contribution < 1.29 is 8.42 Å². The molecule has 0 saturated carbocycles. The third-order valence-corrected chi connectivity index (χ3v) is 4.88. The van der Waals surface area contributed by atoms with Gasteiger partial charge in [-0.25, -0.2) is 8.42 Å². The molecule has 1 aromatic carbocycles. The Bertz CT molecular complexity index is 450. The first kappa shape index (κ1) is 14.2. The maximum atomic E-state index is 12.0. The SMILES string of the molecule is CCC(Cc1ccccc1S(=O)(=O)CC)NC. The van der Waals surface area contributed by atoms with Crippen LogP contribution in [-0.4, -0.2) is 27.3 Å². The molecule has 1 atom stereocenters. The van der Waals surface area contributed by atoms with Crippen LogP contribution in [0.3, 0.4) is 0 Å². The van der Waals surface area contributed by atoms with E-state index in [0.717, 1.165) is 18.4 Å². The summed E-state index contributed by atoms with van der Waals surface area (Å²) in [6.45, 7) is 3.78. The van der Waals surface area contributed by atoms with Gasteiger partial charge < -0.3 is 5.32 Å². The Morgan fingerprint density at radius 3 is 2.41 bits per heavy atom. The van der Waals surface area contributed by atoms with Crippen LogP contribution in [0.1, 0.15) is 25.8 Å². The lowest BCUT2D eigenvalue weighted by molar-refractivity contribution is 0.537. The molecule has 0 aliphatic heterocycles. The van der Waals surface area contributed by atoms with Crippen LogP contribution in [0.25, 0.3) is 0 Å². The van der Waals surface area contributed by atoms with Gasteiger partial charge in [0.2, 0.25) is 0 Å². The summed E-state index contributed by atoms with van der Waals surface area (Å²) in [5, 5.41) is 3.20. The Hall–Kier alpha value is -0.870. The Labute approximate surface area is 104 Å². The first-order valence-electron chi connectivity index (χ1n) is 6.03. The Morgan fingerprint density at radius 1 is 1.24 bits per heavy atom. The average Bonchev–Trinajstić information content (AvgIpc) is 2.36. The monoisotopic (exact) mass is 255 g/mol. The predicted molar refractivity (Wildman–Crippen MR) is 71.0 cm³/mol. The van der Waals surface area contributed by atoms with Gasteiger partial charge in [0.1, 0.15) is 0 Å². The molecule has 1 N–H and O–H groups in total. The van der Waals surface area contributed by atoms with E-state index in [2.05, 4.69) is 12.2 Å². The van der Waals surface area contributed by atoms with E-state index in [4.69, 9.17) is 0 Å². The quantitative estimate of drug-likeness (QED) is 0.846. The molecule has 0 aliphatic carbocycles. The Balaban J connectivity index is 3.09. The maximum Gasteiger partial charge on any atom is 0.178 e. The zero-order chi connectivity index (χ0) is 12.9. The van der Waals surface area contributed by atoms with Gasteiger partial charge >= 0.3 is 0 Å². The van der Waals surface area contributed by atoms with Crippen LogP contribution in [0, 0.1) is 0 Å². The fourth-order valence-corrected chi connectivity index (χ4v) is 3.00. The minimum Gasteiger partial charge on any atom is -0.317 e. The van der Waals surface area contributed by atoms with Gasteiger partial charge in [-0.15, -0.1) is 0 Å². The van der Waals surface area contributed by atoms with Crippen molar-refractivity contribution in [2.45, 2.75) is 37.6 Å². The molecule has 0 saturated heterocycles. The van der Waals surface area contributed by atoms with Gasteiger partial charge in [0, 0.05) is 6.04 Å². The van der Waals surface area contributed by atoms with E-state index >= 15 is 0 Å². The molecule has 0 spiro atoms. The second kappa shape index (κ2) is 6.17. The van der Waals surface area contributed by atoms with E-state index in [0.29, 0.717) is 10.9 Å². The number of rotatable bonds is 6. The lowest BCUT2D eigenvalue weighted by Gasteiger charge is -2.16. The van der Waals surface area contributed by atoms with E-state index < -0.39 is 9.84 Å². The van der Waals surface area contributed by atoms with Crippen molar-refractivity contribution in [1.82, 2.24) is 5.32 Å². The molecule has 17 heavy (non-hydrogen) atoms. The highest BCUT2D eigenvalue weighted by Crippen LogP contribution is 2.19. The van der Waals surface area contributed by atoms with Gasteiger partial charge in [0.25, 0.3) is 0 Å². The maximum absolute atomic E-state index is 12.0. The van der Waals surface area contributed by atoms with E-state index in [-0.39, 0.29) is 5.75 Å². The third-order valence-electron chi connectivity index (χ3n) is 3.06. The molecule has 0 radical (unpaired) electrons. The second-order valence-corrected chi connectivity index (χ2v) is 6.36. The highest BCUT2D eigenvalue weighted by molar-refractivity contribution is 7.91. The summed E-state index contributed by atoms with van der Waals surface area (Å²) in [7, 11) is -1.21. The Kier molecular flexibility index (Phi) is 5.15. The zero-order valence-electron chi connectivity index (χ0n) is 10.7. The first-order valence-corrected chi connectivity index (χ1v) is 7.68. The normalized spacial score (nSPS) is 13.6. The van der Waals surface area contributed by atoms with Gasteiger partial charge in [-0.3, -0.25) is 0 Å². The van der Waals surface area contributed by atoms with Crippen molar-refractivity contribution in [2.24, 2.45) is 0 Å².